The monoisotopic (exact) mass is 270 g/mol. The van der Waals surface area contributed by atoms with Crippen LogP contribution in [0.25, 0.3) is 11.0 Å². The van der Waals surface area contributed by atoms with Crippen molar-refractivity contribution in [1.82, 2.24) is 9.97 Å². The van der Waals surface area contributed by atoms with E-state index in [1.807, 2.05) is 24.3 Å². The highest BCUT2D eigenvalue weighted by atomic mass is 16.5. The minimum atomic E-state index is 0.306. The van der Waals surface area contributed by atoms with Crippen LogP contribution >= 0.6 is 0 Å². The maximum absolute atomic E-state index is 6.03. The maximum atomic E-state index is 6.03. The standard InChI is InChI=1S/C15H18N4O/c16-14-15(18-11-4-2-1-3-10(11)17-14)19-12-7-8-20-13(12)9-5-6-9/h1-4,9,12-13H,5-8H2,(H2,16,17)(H,18,19). The number of nitrogen functional groups attached to an aromatic ring is 1. The topological polar surface area (TPSA) is 73.1 Å². The molecule has 0 spiro atoms. The second kappa shape index (κ2) is 4.59. The van der Waals surface area contributed by atoms with Gasteiger partial charge in [-0.1, -0.05) is 12.1 Å². The third-order valence-electron chi connectivity index (χ3n) is 4.14. The molecule has 2 unspecified atom stereocenters. The van der Waals surface area contributed by atoms with E-state index >= 15 is 0 Å². The predicted octanol–water partition coefficient (Wildman–Crippen LogP) is 2.19. The molecule has 1 aromatic carbocycles. The number of para-hydroxylation sites is 2. The van der Waals surface area contributed by atoms with E-state index in [4.69, 9.17) is 10.5 Å². The van der Waals surface area contributed by atoms with Crippen LogP contribution in [0.1, 0.15) is 19.3 Å². The Balaban J connectivity index is 1.62. The molecular weight excluding hydrogens is 252 g/mol. The van der Waals surface area contributed by atoms with Gasteiger partial charge < -0.3 is 15.8 Å². The number of benzene rings is 1. The number of nitrogens with zero attached hydrogens (tertiary/aromatic N) is 2. The first kappa shape index (κ1) is 11.9. The van der Waals surface area contributed by atoms with Crippen LogP contribution in [0.3, 0.4) is 0 Å². The zero-order valence-corrected chi connectivity index (χ0v) is 11.2. The average Bonchev–Trinajstić information content (AvgIpc) is 3.20. The molecule has 1 aliphatic heterocycles. The van der Waals surface area contributed by atoms with Crippen LogP contribution in [-0.4, -0.2) is 28.7 Å². The summed E-state index contributed by atoms with van der Waals surface area (Å²) in [7, 11) is 0. The lowest BCUT2D eigenvalue weighted by Gasteiger charge is -2.20. The van der Waals surface area contributed by atoms with E-state index in [0.29, 0.717) is 29.7 Å². The lowest BCUT2D eigenvalue weighted by atomic mass is 10.1. The molecule has 1 saturated heterocycles. The normalized spacial score (nSPS) is 26.0. The van der Waals surface area contributed by atoms with Gasteiger partial charge in [0.05, 0.1) is 23.2 Å². The Labute approximate surface area is 117 Å². The number of ether oxygens (including phenoxy) is 1. The van der Waals surface area contributed by atoms with Gasteiger partial charge in [-0.05, 0) is 37.3 Å². The molecule has 1 aliphatic carbocycles. The van der Waals surface area contributed by atoms with E-state index in [-0.39, 0.29) is 0 Å². The van der Waals surface area contributed by atoms with Crippen LogP contribution in [0, 0.1) is 5.92 Å². The zero-order valence-electron chi connectivity index (χ0n) is 11.2. The molecule has 0 radical (unpaired) electrons. The number of nitrogens with one attached hydrogen (secondary N) is 1. The number of anilines is 2. The summed E-state index contributed by atoms with van der Waals surface area (Å²) in [6.45, 7) is 0.819. The van der Waals surface area contributed by atoms with Crippen LogP contribution in [-0.2, 0) is 4.74 Å². The quantitative estimate of drug-likeness (QED) is 0.894. The van der Waals surface area contributed by atoms with Gasteiger partial charge in [0.1, 0.15) is 0 Å². The summed E-state index contributed by atoms with van der Waals surface area (Å²) in [5.74, 6) is 1.86. The summed E-state index contributed by atoms with van der Waals surface area (Å²) < 4.78 is 5.84. The van der Waals surface area contributed by atoms with Crippen LogP contribution in [0.5, 0.6) is 0 Å². The molecule has 5 nitrogen and oxygen atoms in total. The predicted molar refractivity (Wildman–Crippen MR) is 78.4 cm³/mol. The molecule has 2 aromatic rings. The Morgan fingerprint density at radius 3 is 2.60 bits per heavy atom. The van der Waals surface area contributed by atoms with E-state index in [2.05, 4.69) is 15.3 Å². The van der Waals surface area contributed by atoms with Gasteiger partial charge in [0.25, 0.3) is 0 Å². The lowest BCUT2D eigenvalue weighted by molar-refractivity contribution is 0.0898. The van der Waals surface area contributed by atoms with Gasteiger partial charge in [0.2, 0.25) is 0 Å². The first-order valence-corrected chi connectivity index (χ1v) is 7.21. The number of hydrogen-bond acceptors (Lipinski definition) is 5. The maximum Gasteiger partial charge on any atom is 0.169 e. The number of nitrogens with two attached hydrogens (primary N) is 1. The Morgan fingerprint density at radius 1 is 1.10 bits per heavy atom. The molecule has 1 saturated carbocycles. The number of aromatic nitrogens is 2. The molecule has 3 N–H and O–H groups in total. The molecule has 5 heteroatoms. The summed E-state index contributed by atoms with van der Waals surface area (Å²) in [5, 5.41) is 3.45. The Kier molecular flexibility index (Phi) is 2.73. The fourth-order valence-corrected chi connectivity index (χ4v) is 2.95. The summed E-state index contributed by atoms with van der Waals surface area (Å²) >= 11 is 0. The largest absolute Gasteiger partial charge is 0.381 e. The molecule has 0 bridgehead atoms. The minimum Gasteiger partial charge on any atom is -0.381 e. The summed E-state index contributed by atoms with van der Waals surface area (Å²) in [6.07, 6.45) is 3.88. The Hall–Kier alpha value is -1.88. The molecule has 4 rings (SSSR count). The van der Waals surface area contributed by atoms with Crippen LogP contribution in [0.15, 0.2) is 24.3 Å². The van der Waals surface area contributed by atoms with Gasteiger partial charge >= 0.3 is 0 Å². The number of rotatable bonds is 3. The van der Waals surface area contributed by atoms with Crippen LogP contribution in [0.2, 0.25) is 0 Å². The third kappa shape index (κ3) is 2.08. The van der Waals surface area contributed by atoms with Crippen molar-refractivity contribution in [2.45, 2.75) is 31.4 Å². The van der Waals surface area contributed by atoms with Crippen molar-refractivity contribution in [2.24, 2.45) is 5.92 Å². The third-order valence-corrected chi connectivity index (χ3v) is 4.14. The lowest BCUT2D eigenvalue weighted by Crippen LogP contribution is -2.31. The fourth-order valence-electron chi connectivity index (χ4n) is 2.95. The molecule has 2 atom stereocenters. The van der Waals surface area contributed by atoms with E-state index in [9.17, 15) is 0 Å². The van der Waals surface area contributed by atoms with Gasteiger partial charge in [-0.25, -0.2) is 9.97 Å². The fraction of sp³-hybridized carbons (Fsp3) is 0.467. The van der Waals surface area contributed by atoms with Crippen LogP contribution in [0.4, 0.5) is 11.6 Å². The van der Waals surface area contributed by atoms with E-state index in [1.54, 1.807) is 0 Å². The Morgan fingerprint density at radius 2 is 1.85 bits per heavy atom. The minimum absolute atomic E-state index is 0.306. The van der Waals surface area contributed by atoms with Crippen molar-refractivity contribution in [3.8, 4) is 0 Å². The highest BCUT2D eigenvalue weighted by molar-refractivity contribution is 5.79. The molecule has 104 valence electrons. The van der Waals surface area contributed by atoms with Crippen molar-refractivity contribution in [1.29, 1.82) is 0 Å². The molecule has 2 fully saturated rings. The summed E-state index contributed by atoms with van der Waals surface area (Å²) in [4.78, 5) is 9.01. The van der Waals surface area contributed by atoms with E-state index in [0.717, 1.165) is 24.1 Å². The van der Waals surface area contributed by atoms with Crippen molar-refractivity contribution < 1.29 is 4.74 Å². The van der Waals surface area contributed by atoms with Gasteiger partial charge in [0, 0.05) is 6.61 Å². The second-order valence-corrected chi connectivity index (χ2v) is 5.66. The van der Waals surface area contributed by atoms with Crippen molar-refractivity contribution in [3.63, 3.8) is 0 Å². The second-order valence-electron chi connectivity index (χ2n) is 5.66. The highest BCUT2D eigenvalue weighted by Gasteiger charge is 2.40. The molecule has 2 aliphatic rings. The highest BCUT2D eigenvalue weighted by Crippen LogP contribution is 2.39. The average molecular weight is 270 g/mol. The van der Waals surface area contributed by atoms with Crippen LogP contribution < -0.4 is 11.1 Å². The number of fused-ring (bicyclic) bond motifs is 1. The van der Waals surface area contributed by atoms with Crippen molar-refractivity contribution in [3.05, 3.63) is 24.3 Å². The first-order valence-electron chi connectivity index (χ1n) is 7.21. The van der Waals surface area contributed by atoms with Crippen molar-refractivity contribution in [2.75, 3.05) is 17.7 Å². The SMILES string of the molecule is Nc1nc2ccccc2nc1NC1CCOC1C1CC1. The van der Waals surface area contributed by atoms with E-state index in [1.165, 1.54) is 12.8 Å². The van der Waals surface area contributed by atoms with Gasteiger partial charge in [0.15, 0.2) is 11.6 Å². The molecule has 0 amide bonds. The van der Waals surface area contributed by atoms with Gasteiger partial charge in [-0.15, -0.1) is 0 Å². The number of hydrogen-bond donors (Lipinski definition) is 2. The Bertz CT molecular complexity index is 641. The summed E-state index contributed by atoms with van der Waals surface area (Å²) in [6, 6.07) is 8.09. The molecule has 20 heavy (non-hydrogen) atoms. The molecule has 1 aromatic heterocycles. The molecular formula is C15H18N4O. The smallest absolute Gasteiger partial charge is 0.169 e. The van der Waals surface area contributed by atoms with Crippen molar-refractivity contribution >= 4 is 22.7 Å². The van der Waals surface area contributed by atoms with E-state index < -0.39 is 0 Å². The van der Waals surface area contributed by atoms with Gasteiger partial charge in [-0.2, -0.15) is 0 Å². The summed E-state index contributed by atoms with van der Waals surface area (Å²) in [5.41, 5.74) is 7.72. The van der Waals surface area contributed by atoms with Gasteiger partial charge in [-0.3, -0.25) is 0 Å². The zero-order chi connectivity index (χ0) is 13.5. The first-order chi connectivity index (χ1) is 9.81. The molecule has 2 heterocycles.